The fourth-order valence-corrected chi connectivity index (χ4v) is 18.7. The van der Waals surface area contributed by atoms with Crippen molar-refractivity contribution in [2.45, 2.75) is 132 Å². The number of amides is 5. The summed E-state index contributed by atoms with van der Waals surface area (Å²) in [7, 11) is 3.35. The van der Waals surface area contributed by atoms with Gasteiger partial charge in [-0.1, -0.05) is 80.9 Å². The van der Waals surface area contributed by atoms with E-state index < -0.39 is 29.6 Å². The SMILES string of the molecule is C.CC(C)N1CCN(c2ccc(N3CCN(c4ccc(O)cc4)CC3)cc2)C1=O.CC(C)N1CCN(c2ccc(N3CCN(c4ccc(OC[C@H]5OC[C@](Cn6nccn6)(c6ccc(F)cc6F)O5)cc4)CC3)cc2)C1=O.COC(CCC(C)C)OC.Cc1ccc(N2CCN(c3ccc(-n4ccn(C(C)C)c4=O)cc3)CC2)cc1.Cc1ccc(N2CCN(c3ccc(NC(=O)Oc4ccccc4)cc3)CC2)cc1. The molecule has 0 unspecified atom stereocenters. The molecule has 7 fully saturated rings. The van der Waals surface area contributed by atoms with Gasteiger partial charge in [-0.15, -0.1) is 0 Å². The second-order valence-corrected chi connectivity index (χ2v) is 38.1. The summed E-state index contributed by atoms with van der Waals surface area (Å²) in [4.78, 5) is 77.8. The molecule has 0 spiro atoms. The molecule has 29 nitrogen and oxygen atoms in total. The summed E-state index contributed by atoms with van der Waals surface area (Å²) in [6.45, 7) is 39.3. The van der Waals surface area contributed by atoms with Gasteiger partial charge >= 0.3 is 23.8 Å². The largest absolute Gasteiger partial charge is 0.508 e. The van der Waals surface area contributed by atoms with E-state index in [0.29, 0.717) is 29.5 Å². The smallest absolute Gasteiger partial charge is 0.417 e. The number of aryl methyl sites for hydroxylation is 2. The first-order chi connectivity index (χ1) is 69.2. The van der Waals surface area contributed by atoms with Gasteiger partial charge in [-0.05, 0) is 262 Å². The number of ether oxygens (including phenoxy) is 6. The number of aromatic nitrogens is 5. The number of benzene rings is 10. The number of halogens is 2. The van der Waals surface area contributed by atoms with E-state index >= 15 is 0 Å². The number of aromatic hydroxyl groups is 1. The van der Waals surface area contributed by atoms with Crippen molar-refractivity contribution >= 4 is 80.7 Å². The van der Waals surface area contributed by atoms with Crippen LogP contribution in [0.25, 0.3) is 5.69 Å². The zero-order valence-electron chi connectivity index (χ0n) is 84.4. The van der Waals surface area contributed by atoms with E-state index in [2.05, 4.69) is 193 Å². The Morgan fingerprint density at radius 2 is 0.826 bits per heavy atom. The summed E-state index contributed by atoms with van der Waals surface area (Å²) >= 11 is 0. The molecule has 10 aromatic carbocycles. The van der Waals surface area contributed by atoms with Crippen LogP contribution in [0.5, 0.6) is 17.2 Å². The Bertz CT molecular complexity index is 6040. The highest BCUT2D eigenvalue weighted by Gasteiger charge is 2.46. The number of para-hydroxylation sites is 1. The van der Waals surface area contributed by atoms with Crippen LogP contribution in [0.4, 0.5) is 85.7 Å². The third-order valence-electron chi connectivity index (χ3n) is 27.0. The first-order valence-electron chi connectivity index (χ1n) is 49.9. The van der Waals surface area contributed by atoms with E-state index in [1.54, 1.807) is 47.6 Å². The lowest BCUT2D eigenvalue weighted by Gasteiger charge is -2.37. The molecule has 31 heteroatoms. The molecular formula is C113H142F2N18O11. The Morgan fingerprint density at radius 3 is 1.20 bits per heavy atom. The van der Waals surface area contributed by atoms with Crippen LogP contribution in [-0.4, -0.2) is 240 Å². The first-order valence-corrected chi connectivity index (χ1v) is 49.9. The lowest BCUT2D eigenvalue weighted by molar-refractivity contribution is -0.117. The van der Waals surface area contributed by atoms with Crippen LogP contribution in [-0.2, 0) is 31.1 Å². The quantitative estimate of drug-likeness (QED) is 0.0455. The van der Waals surface area contributed by atoms with Gasteiger partial charge in [-0.3, -0.25) is 24.3 Å². The Balaban J connectivity index is 0.000000151. The minimum Gasteiger partial charge on any atom is -0.508 e. The normalized spacial score (nSPS) is 17.1. The van der Waals surface area contributed by atoms with Crippen LogP contribution in [0.15, 0.2) is 272 Å². The molecule has 0 saturated carbocycles. The minimum atomic E-state index is -1.25. The number of hydrogen-bond acceptors (Lipinski definition) is 21. The van der Waals surface area contributed by atoms with Gasteiger partial charge in [0.05, 0.1) is 31.2 Å². The lowest BCUT2D eigenvalue weighted by Crippen LogP contribution is -2.46. The Labute approximate surface area is 846 Å². The van der Waals surface area contributed by atoms with E-state index in [-0.39, 0.29) is 74.9 Å². The first kappa shape index (κ1) is 106. The summed E-state index contributed by atoms with van der Waals surface area (Å²) in [5.74, 6) is 0.803. The summed E-state index contributed by atoms with van der Waals surface area (Å²) in [6, 6.07) is 78.9. The van der Waals surface area contributed by atoms with Gasteiger partial charge in [0.2, 0.25) is 0 Å². The van der Waals surface area contributed by atoms with E-state index in [4.69, 9.17) is 28.4 Å². The molecule has 0 radical (unpaired) electrons. The average molecular weight is 1970 g/mol. The molecule has 144 heavy (non-hydrogen) atoms. The third kappa shape index (κ3) is 27.6. The maximum atomic E-state index is 14.9. The number of carbonyl (C=O) groups excluding carboxylic acids is 3. The predicted molar refractivity (Wildman–Crippen MR) is 573 cm³/mol. The zero-order valence-corrected chi connectivity index (χ0v) is 84.4. The second-order valence-electron chi connectivity index (χ2n) is 38.1. The maximum Gasteiger partial charge on any atom is 0.417 e. The van der Waals surface area contributed by atoms with Crippen molar-refractivity contribution in [1.29, 1.82) is 0 Å². The number of phenols is 1. The van der Waals surface area contributed by atoms with Gasteiger partial charge in [0.25, 0.3) is 0 Å². The number of phenolic OH excluding ortho intramolecular Hbond substituents is 1. The highest BCUT2D eigenvalue weighted by atomic mass is 19.1. The molecule has 0 aliphatic carbocycles. The number of hydrogen-bond donors (Lipinski definition) is 2. The van der Waals surface area contributed by atoms with Crippen molar-refractivity contribution in [2.75, 3.05) is 213 Å². The van der Waals surface area contributed by atoms with Gasteiger partial charge in [-0.2, -0.15) is 15.0 Å². The average Bonchev–Trinajstić information content (AvgIpc) is 1.60. The lowest BCUT2D eigenvalue weighted by atomic mass is 9.94. The third-order valence-corrected chi connectivity index (χ3v) is 27.0. The van der Waals surface area contributed by atoms with E-state index in [9.17, 15) is 33.1 Å². The van der Waals surface area contributed by atoms with Crippen molar-refractivity contribution in [2.24, 2.45) is 5.92 Å². The van der Waals surface area contributed by atoms with Crippen LogP contribution in [0.1, 0.15) is 98.4 Å². The highest BCUT2D eigenvalue weighted by Crippen LogP contribution is 2.39. The zero-order chi connectivity index (χ0) is 101. The molecule has 2 atom stereocenters. The van der Waals surface area contributed by atoms with E-state index in [0.717, 1.165) is 189 Å². The van der Waals surface area contributed by atoms with Crippen molar-refractivity contribution in [3.05, 3.63) is 306 Å². The number of nitrogens with one attached hydrogen (secondary N) is 1. The molecular weight excluding hydrogens is 1820 g/mol. The van der Waals surface area contributed by atoms with Crippen LogP contribution < -0.4 is 69.5 Å². The summed E-state index contributed by atoms with van der Waals surface area (Å²) in [5, 5.41) is 20.5. The molecule has 5 amide bonds. The van der Waals surface area contributed by atoms with Gasteiger partial charge in [0.1, 0.15) is 41.1 Å². The summed E-state index contributed by atoms with van der Waals surface area (Å²) in [5.41, 5.74) is 14.6. The molecule has 12 aromatic rings. The number of piperazine rings is 4. The predicted octanol–water partition coefficient (Wildman–Crippen LogP) is 19.7. The van der Waals surface area contributed by atoms with Crippen LogP contribution >= 0.6 is 0 Å². The topological polar surface area (TPSA) is 235 Å². The molecule has 2 aromatic heterocycles. The van der Waals surface area contributed by atoms with Gasteiger partial charge in [0.15, 0.2) is 12.6 Å². The standard InChI is InChI=1S/C35H39F2N7O4.C24H25N3O2.C23H28N4O.C22H28N4O2.C8H18O2.CH4/c1-25(2)42-19-20-43(34(42)45)29-6-4-27(5-7-29)40-15-17-41(18-16-40)28-8-10-30(11-9-28)46-22-33-47-24-35(48-33,23-44-38-13-14-39-44)31-12-3-26(36)21-32(31)37;1-19-7-11-21(12-8-19)26-15-17-27(18-16-26)22-13-9-20(10-14-22)25-24(28)29-23-5-3-2-4-6-23;1-18(2)26-16-17-27(23(26)28)22-10-8-21(9-11-22)25-14-12-24(13-15-25)20-6-4-19(3)5-7-20;1-17(2)25-15-16-26(22(25)28)20-5-3-18(4-6-20)23-11-13-24(14-12-23)19-7-9-21(27)10-8-19;1-7(2)5-6-8(9-3)10-4;/h3-14,21,25,33H,15-20,22-24H2,1-2H3;2-14H,15-18H2,1H3,(H,25,28);4-11,16-18H,12-15H2,1-3H3;3-10,17,27H,11-16H2,1-2H3;7-8H,5-6H2,1-4H3;1H4/t33-,35+;;;;;/m0...../s1. The molecule has 19 rings (SSSR count). The second kappa shape index (κ2) is 50.2. The van der Waals surface area contributed by atoms with Crippen molar-refractivity contribution in [3.8, 4) is 22.9 Å². The Kier molecular flexibility index (Phi) is 36.8. The molecule has 2 N–H and O–H groups in total. The van der Waals surface area contributed by atoms with E-state index in [1.165, 1.54) is 63.2 Å². The van der Waals surface area contributed by atoms with Crippen molar-refractivity contribution < 1.29 is 56.7 Å². The summed E-state index contributed by atoms with van der Waals surface area (Å²) < 4.78 is 65.4. The highest BCUT2D eigenvalue weighted by molar-refractivity contribution is 5.95. The number of urea groups is 2. The number of carbonyl (C=O) groups is 3. The van der Waals surface area contributed by atoms with Gasteiger partial charge < -0.3 is 82.5 Å². The fraction of sp³-hybridized carbons (Fsp3) is 0.398. The summed E-state index contributed by atoms with van der Waals surface area (Å²) in [6.07, 6.45) is 7.61. The fourth-order valence-electron chi connectivity index (χ4n) is 18.7. The number of methoxy groups -OCH3 is 2. The van der Waals surface area contributed by atoms with Gasteiger partial charge in [0, 0.05) is 250 Å². The van der Waals surface area contributed by atoms with Gasteiger partial charge in [-0.25, -0.2) is 28.0 Å². The van der Waals surface area contributed by atoms with Crippen LogP contribution in [0, 0.1) is 31.4 Å². The van der Waals surface area contributed by atoms with Crippen LogP contribution in [0.2, 0.25) is 0 Å². The Hall–Kier alpha value is -14.1. The molecule has 9 heterocycles. The molecule has 764 valence electrons. The van der Waals surface area contributed by atoms with Crippen molar-refractivity contribution in [3.63, 3.8) is 0 Å². The monoisotopic (exact) mass is 1970 g/mol. The molecule has 7 saturated heterocycles. The van der Waals surface area contributed by atoms with E-state index in [1.807, 2.05) is 163 Å². The maximum absolute atomic E-state index is 14.9. The molecule has 0 bridgehead atoms. The molecule has 7 aliphatic rings. The number of rotatable bonds is 27. The molecule has 7 aliphatic heterocycles. The van der Waals surface area contributed by atoms with Crippen LogP contribution in [0.3, 0.4) is 0 Å². The number of imidazole rings is 1. The Morgan fingerprint density at radius 1 is 0.444 bits per heavy atom. The number of nitrogens with zero attached hydrogens (tertiary/aromatic N) is 17. The van der Waals surface area contributed by atoms with Crippen molar-refractivity contribution in [1.82, 2.24) is 33.9 Å². The number of anilines is 11. The minimum absolute atomic E-state index is 0.